The second-order valence-electron chi connectivity index (χ2n) is 7.45. The van der Waals surface area contributed by atoms with Gasteiger partial charge in [0.1, 0.15) is 19.0 Å². The van der Waals surface area contributed by atoms with E-state index in [4.69, 9.17) is 9.05 Å². The lowest BCUT2D eigenvalue weighted by molar-refractivity contribution is 0.226. The van der Waals surface area contributed by atoms with E-state index in [2.05, 4.69) is 41.5 Å². The molecule has 1 unspecified atom stereocenters. The molecule has 124 valence electrons. The van der Waals surface area contributed by atoms with Gasteiger partial charge in [0.25, 0.3) is 0 Å². The van der Waals surface area contributed by atoms with Crippen molar-refractivity contribution in [3.05, 3.63) is 28.8 Å². The Labute approximate surface area is 134 Å². The van der Waals surface area contributed by atoms with Gasteiger partial charge < -0.3 is 5.11 Å². The molecule has 1 rings (SSSR count). The van der Waals surface area contributed by atoms with E-state index in [1.54, 1.807) is 6.92 Å². The molecule has 1 N–H and O–H groups in total. The lowest BCUT2D eigenvalue weighted by Gasteiger charge is -2.28. The van der Waals surface area contributed by atoms with Gasteiger partial charge in [-0.1, -0.05) is 41.5 Å². The minimum atomic E-state index is -2.10. The second-order valence-corrected chi connectivity index (χ2v) is 8.42. The normalized spacial score (nSPS) is 13.3. The van der Waals surface area contributed by atoms with Gasteiger partial charge in [0.15, 0.2) is 0 Å². The summed E-state index contributed by atoms with van der Waals surface area (Å²) >= 11 is 0. The van der Waals surface area contributed by atoms with E-state index in [0.29, 0.717) is 12.4 Å². The molecule has 0 aliphatic rings. The Morgan fingerprint density at radius 2 is 1.45 bits per heavy atom. The van der Waals surface area contributed by atoms with Gasteiger partial charge in [-0.15, -0.1) is 9.05 Å². The third-order valence-electron chi connectivity index (χ3n) is 3.36. The Bertz CT molecular complexity index is 504. The first-order chi connectivity index (χ1) is 9.96. The fourth-order valence-electron chi connectivity index (χ4n) is 2.19. The molecule has 0 spiro atoms. The third-order valence-corrected chi connectivity index (χ3v) is 4.17. The summed E-state index contributed by atoms with van der Waals surface area (Å²) in [6.45, 7) is 14.7. The third kappa shape index (κ3) is 5.05. The largest absolute Gasteiger partial charge is 0.697 e. The summed E-state index contributed by atoms with van der Waals surface area (Å²) in [7, 11) is -2.10. The number of aromatic hydroxyl groups is 1. The zero-order valence-electron chi connectivity index (χ0n) is 14.7. The van der Waals surface area contributed by atoms with E-state index in [1.807, 2.05) is 12.1 Å². The first-order valence-electron chi connectivity index (χ1n) is 7.56. The molecular weight excluding hydrogens is 299 g/mol. The van der Waals surface area contributed by atoms with Crippen LogP contribution in [0.2, 0.25) is 0 Å². The van der Waals surface area contributed by atoms with Crippen LogP contribution >= 0.6 is 8.25 Å². The molecule has 0 bridgehead atoms. The minimum absolute atomic E-state index is 0.192. The number of hydrogen-bond donors (Lipinski definition) is 1. The Kier molecular flexibility index (Phi) is 6.14. The van der Waals surface area contributed by atoms with E-state index >= 15 is 0 Å². The maximum atomic E-state index is 11.5. The average molecular weight is 327 g/mol. The first kappa shape index (κ1) is 19.1. The summed E-state index contributed by atoms with van der Waals surface area (Å²) < 4.78 is 21.7. The van der Waals surface area contributed by atoms with Crippen LogP contribution in [0.1, 0.15) is 65.2 Å². The smallest absolute Gasteiger partial charge is 0.507 e. The Morgan fingerprint density at radius 1 is 1.00 bits per heavy atom. The molecule has 0 amide bonds. The van der Waals surface area contributed by atoms with Crippen molar-refractivity contribution in [1.29, 1.82) is 0 Å². The first-order valence-corrected chi connectivity index (χ1v) is 8.66. The van der Waals surface area contributed by atoms with Crippen molar-refractivity contribution >= 4 is 8.25 Å². The highest BCUT2D eigenvalue weighted by Crippen LogP contribution is 2.40. The van der Waals surface area contributed by atoms with E-state index < -0.39 is 8.25 Å². The number of hydrogen-bond acceptors (Lipinski definition) is 4. The molecule has 1 aromatic carbocycles. The van der Waals surface area contributed by atoms with Gasteiger partial charge in [-0.25, -0.2) is 0 Å². The van der Waals surface area contributed by atoms with Crippen LogP contribution in [0.5, 0.6) is 5.75 Å². The topological polar surface area (TPSA) is 55.8 Å². The summed E-state index contributed by atoms with van der Waals surface area (Å²) in [5.74, 6) is 0.331. The predicted octanol–water partition coefficient (Wildman–Crippen LogP) is 5.20. The van der Waals surface area contributed by atoms with Gasteiger partial charge in [-0.05, 0) is 46.6 Å². The number of benzene rings is 1. The summed E-state index contributed by atoms with van der Waals surface area (Å²) in [4.78, 5) is 0. The maximum absolute atomic E-state index is 11.5. The Hall–Kier alpha value is -0.960. The van der Waals surface area contributed by atoms with Crippen LogP contribution in [0.4, 0.5) is 0 Å². The summed E-state index contributed by atoms with van der Waals surface area (Å²) in [5.41, 5.74) is 2.23. The summed E-state index contributed by atoms with van der Waals surface area (Å²) in [6.07, 6.45) is 0. The minimum Gasteiger partial charge on any atom is -0.507 e. The molecule has 0 saturated carbocycles. The predicted molar refractivity (Wildman–Crippen MR) is 89.5 cm³/mol. The van der Waals surface area contributed by atoms with Crippen molar-refractivity contribution in [3.8, 4) is 5.75 Å². The molecule has 0 saturated heterocycles. The molecule has 1 aromatic rings. The Morgan fingerprint density at radius 3 is 1.82 bits per heavy atom. The van der Waals surface area contributed by atoms with Crippen LogP contribution < -0.4 is 0 Å². The van der Waals surface area contributed by atoms with E-state index in [0.717, 1.165) is 16.7 Å². The molecule has 4 nitrogen and oxygen atoms in total. The lowest BCUT2D eigenvalue weighted by Crippen LogP contribution is -2.18. The van der Waals surface area contributed by atoms with Gasteiger partial charge in [0.2, 0.25) is 0 Å². The van der Waals surface area contributed by atoms with Crippen molar-refractivity contribution in [3.63, 3.8) is 0 Å². The monoisotopic (exact) mass is 327 g/mol. The number of rotatable bonds is 5. The highest BCUT2D eigenvalue weighted by atomic mass is 31.1. The van der Waals surface area contributed by atoms with Gasteiger partial charge in [0, 0.05) is 4.57 Å². The fourth-order valence-corrected chi connectivity index (χ4v) is 2.73. The summed E-state index contributed by atoms with van der Waals surface area (Å²) in [6, 6.07) is 3.83. The molecule has 0 aliphatic carbocycles. The van der Waals surface area contributed by atoms with Gasteiger partial charge in [0.05, 0.1) is 0 Å². The van der Waals surface area contributed by atoms with Gasteiger partial charge >= 0.3 is 8.25 Å². The van der Waals surface area contributed by atoms with Crippen LogP contribution in [0.25, 0.3) is 0 Å². The van der Waals surface area contributed by atoms with E-state index in [1.165, 1.54) is 0 Å². The fraction of sp³-hybridized carbons (Fsp3) is 0.647. The molecule has 0 aromatic heterocycles. The van der Waals surface area contributed by atoms with Crippen LogP contribution in [0, 0.1) is 0 Å². The quantitative estimate of drug-likeness (QED) is 0.755. The zero-order valence-corrected chi connectivity index (χ0v) is 15.6. The van der Waals surface area contributed by atoms with Crippen molar-refractivity contribution in [2.45, 2.75) is 65.9 Å². The lowest BCUT2D eigenvalue weighted by atomic mass is 9.78. The van der Waals surface area contributed by atoms with Crippen molar-refractivity contribution in [2.75, 3.05) is 6.61 Å². The number of phenolic OH excluding ortho intramolecular Hbond substituents is 1. The van der Waals surface area contributed by atoms with Gasteiger partial charge in [-0.2, -0.15) is 0 Å². The molecule has 22 heavy (non-hydrogen) atoms. The molecule has 0 aliphatic heterocycles. The summed E-state index contributed by atoms with van der Waals surface area (Å²) in [5, 5.41) is 10.6. The molecule has 5 heteroatoms. The maximum Gasteiger partial charge on any atom is 0.697 e. The average Bonchev–Trinajstić information content (AvgIpc) is 2.35. The van der Waals surface area contributed by atoms with Crippen LogP contribution in [0.15, 0.2) is 12.1 Å². The van der Waals surface area contributed by atoms with E-state index in [9.17, 15) is 9.67 Å². The van der Waals surface area contributed by atoms with Crippen LogP contribution in [0.3, 0.4) is 0 Å². The van der Waals surface area contributed by atoms with Crippen LogP contribution in [-0.2, 0) is 31.0 Å². The van der Waals surface area contributed by atoms with Crippen molar-refractivity contribution in [1.82, 2.24) is 0 Å². The zero-order chi connectivity index (χ0) is 17.1. The molecular formula is C17H28O4P+. The molecule has 0 fully saturated rings. The van der Waals surface area contributed by atoms with Crippen LogP contribution in [-0.4, -0.2) is 11.7 Å². The second kappa shape index (κ2) is 7.08. The molecule has 1 atom stereocenters. The highest BCUT2D eigenvalue weighted by Gasteiger charge is 2.27. The standard InChI is InChI=1S/C17H27O4P/c1-8-20-22(19)21-11-12-9-13(16(2,3)4)15(18)14(10-12)17(5,6)7/h9-10H,8,11H2,1-7H3/p+1. The van der Waals surface area contributed by atoms with Crippen molar-refractivity contribution < 1.29 is 18.7 Å². The van der Waals surface area contributed by atoms with E-state index in [-0.39, 0.29) is 17.4 Å². The number of phenols is 1. The van der Waals surface area contributed by atoms with Gasteiger partial charge in [-0.3, -0.25) is 0 Å². The molecule has 0 radical (unpaired) electrons. The Balaban J connectivity index is 3.21. The highest BCUT2D eigenvalue weighted by molar-refractivity contribution is 7.33. The SMILES string of the molecule is CCO[P+](=O)OCc1cc(C(C)(C)C)c(O)c(C(C)(C)C)c1. The molecule has 0 heterocycles. The van der Waals surface area contributed by atoms with Crippen molar-refractivity contribution in [2.24, 2.45) is 0 Å².